The van der Waals surface area contributed by atoms with Crippen molar-refractivity contribution in [3.8, 4) is 5.75 Å². The van der Waals surface area contributed by atoms with Gasteiger partial charge in [0, 0.05) is 25.6 Å². The van der Waals surface area contributed by atoms with E-state index in [2.05, 4.69) is 23.6 Å². The monoisotopic (exact) mass is 344 g/mol. The predicted octanol–water partition coefficient (Wildman–Crippen LogP) is 3.72. The standard InChI is InChI=1S/C21H32N2O2/c1-5-23(15-17(3)4)21(24)19-11-13-22(14-12-19)16-18-7-9-20(10-8-18)25-6-2/h7-10,19H,3,5-6,11-16H2,1-2,4H3. The van der Waals surface area contributed by atoms with Crippen molar-refractivity contribution in [3.05, 3.63) is 42.0 Å². The van der Waals surface area contributed by atoms with Crippen molar-refractivity contribution in [1.29, 1.82) is 0 Å². The highest BCUT2D eigenvalue weighted by Crippen LogP contribution is 2.22. The van der Waals surface area contributed by atoms with Gasteiger partial charge in [0.25, 0.3) is 0 Å². The van der Waals surface area contributed by atoms with Crippen molar-refractivity contribution in [2.45, 2.75) is 40.2 Å². The summed E-state index contributed by atoms with van der Waals surface area (Å²) in [6.45, 7) is 15.0. The molecule has 1 heterocycles. The third kappa shape index (κ3) is 5.89. The Hall–Kier alpha value is -1.81. The fourth-order valence-corrected chi connectivity index (χ4v) is 3.38. The van der Waals surface area contributed by atoms with Crippen LogP contribution in [0.5, 0.6) is 5.75 Å². The summed E-state index contributed by atoms with van der Waals surface area (Å²) >= 11 is 0. The van der Waals surface area contributed by atoms with Gasteiger partial charge in [-0.25, -0.2) is 0 Å². The lowest BCUT2D eigenvalue weighted by atomic mass is 9.94. The minimum Gasteiger partial charge on any atom is -0.494 e. The number of carbonyl (C=O) groups excluding carboxylic acids is 1. The predicted molar refractivity (Wildman–Crippen MR) is 103 cm³/mol. The van der Waals surface area contributed by atoms with Gasteiger partial charge in [-0.3, -0.25) is 9.69 Å². The molecule has 1 amide bonds. The van der Waals surface area contributed by atoms with Gasteiger partial charge in [0.15, 0.2) is 0 Å². The van der Waals surface area contributed by atoms with Gasteiger partial charge in [-0.15, -0.1) is 0 Å². The molecule has 1 aromatic carbocycles. The van der Waals surface area contributed by atoms with Crippen molar-refractivity contribution >= 4 is 5.91 Å². The van der Waals surface area contributed by atoms with Gasteiger partial charge in [-0.05, 0) is 64.4 Å². The number of hydrogen-bond acceptors (Lipinski definition) is 3. The Morgan fingerprint density at radius 3 is 2.40 bits per heavy atom. The number of amides is 1. The fraction of sp³-hybridized carbons (Fsp3) is 0.571. The number of likely N-dealkylation sites (N-methyl/N-ethyl adjacent to an activating group) is 1. The van der Waals surface area contributed by atoms with Crippen LogP contribution in [-0.2, 0) is 11.3 Å². The van der Waals surface area contributed by atoms with Crippen LogP contribution in [0.25, 0.3) is 0 Å². The maximum Gasteiger partial charge on any atom is 0.226 e. The highest BCUT2D eigenvalue weighted by Gasteiger charge is 2.27. The topological polar surface area (TPSA) is 32.8 Å². The molecule has 4 heteroatoms. The smallest absolute Gasteiger partial charge is 0.226 e. The maximum atomic E-state index is 12.7. The Morgan fingerprint density at radius 1 is 1.24 bits per heavy atom. The summed E-state index contributed by atoms with van der Waals surface area (Å²) in [4.78, 5) is 17.1. The molecule has 0 aromatic heterocycles. The van der Waals surface area contributed by atoms with Crippen molar-refractivity contribution in [1.82, 2.24) is 9.80 Å². The molecule has 0 N–H and O–H groups in total. The normalized spacial score (nSPS) is 15.8. The van der Waals surface area contributed by atoms with Crippen LogP contribution in [0.3, 0.4) is 0 Å². The summed E-state index contributed by atoms with van der Waals surface area (Å²) < 4.78 is 5.49. The Balaban J connectivity index is 1.82. The van der Waals surface area contributed by atoms with Crippen LogP contribution in [0.1, 0.15) is 39.2 Å². The molecule has 0 bridgehead atoms. The van der Waals surface area contributed by atoms with Crippen molar-refractivity contribution in [2.24, 2.45) is 5.92 Å². The first-order valence-electron chi connectivity index (χ1n) is 9.40. The number of benzene rings is 1. The summed E-state index contributed by atoms with van der Waals surface area (Å²) in [6, 6.07) is 8.33. The summed E-state index contributed by atoms with van der Waals surface area (Å²) in [5.41, 5.74) is 2.34. The van der Waals surface area contributed by atoms with E-state index in [1.807, 2.05) is 37.8 Å². The molecule has 0 spiro atoms. The summed E-state index contributed by atoms with van der Waals surface area (Å²) in [6.07, 6.45) is 1.89. The van der Waals surface area contributed by atoms with Gasteiger partial charge >= 0.3 is 0 Å². The zero-order valence-corrected chi connectivity index (χ0v) is 16.0. The zero-order valence-electron chi connectivity index (χ0n) is 16.0. The molecule has 1 fully saturated rings. The highest BCUT2D eigenvalue weighted by molar-refractivity contribution is 5.79. The van der Waals surface area contributed by atoms with Gasteiger partial charge in [0.2, 0.25) is 5.91 Å². The molecule has 4 nitrogen and oxygen atoms in total. The molecule has 0 aliphatic carbocycles. The van der Waals surface area contributed by atoms with E-state index in [0.29, 0.717) is 19.1 Å². The van der Waals surface area contributed by atoms with Crippen molar-refractivity contribution < 1.29 is 9.53 Å². The SMILES string of the molecule is C=C(C)CN(CC)C(=O)C1CCN(Cc2ccc(OCC)cc2)CC1. The highest BCUT2D eigenvalue weighted by atomic mass is 16.5. The number of carbonyl (C=O) groups is 1. The van der Waals surface area contributed by atoms with E-state index in [4.69, 9.17) is 4.74 Å². The number of piperidine rings is 1. The average Bonchev–Trinajstić information content (AvgIpc) is 2.61. The van der Waals surface area contributed by atoms with Gasteiger partial charge in [0.05, 0.1) is 6.61 Å². The first kappa shape index (κ1) is 19.5. The lowest BCUT2D eigenvalue weighted by molar-refractivity contribution is -0.136. The molecule has 2 rings (SSSR count). The molecular formula is C21H32N2O2. The molecule has 0 atom stereocenters. The molecule has 1 aliphatic heterocycles. The molecule has 138 valence electrons. The van der Waals surface area contributed by atoms with Gasteiger partial charge in [-0.1, -0.05) is 24.3 Å². The number of nitrogens with zero attached hydrogens (tertiary/aromatic N) is 2. The van der Waals surface area contributed by atoms with Gasteiger partial charge in [-0.2, -0.15) is 0 Å². The van der Waals surface area contributed by atoms with Crippen molar-refractivity contribution in [2.75, 3.05) is 32.8 Å². The number of hydrogen-bond donors (Lipinski definition) is 0. The van der Waals surface area contributed by atoms with Crippen LogP contribution in [-0.4, -0.2) is 48.5 Å². The van der Waals surface area contributed by atoms with E-state index in [-0.39, 0.29) is 5.92 Å². The molecule has 1 aromatic rings. The Labute approximate surface area is 152 Å². The van der Waals surface area contributed by atoms with E-state index in [1.54, 1.807) is 0 Å². The molecule has 0 saturated carbocycles. The first-order chi connectivity index (χ1) is 12.0. The van der Waals surface area contributed by atoms with Gasteiger partial charge < -0.3 is 9.64 Å². The minimum absolute atomic E-state index is 0.163. The summed E-state index contributed by atoms with van der Waals surface area (Å²) in [7, 11) is 0. The Bertz CT molecular complexity index is 560. The lowest BCUT2D eigenvalue weighted by Crippen LogP contribution is -2.42. The van der Waals surface area contributed by atoms with Crippen molar-refractivity contribution in [3.63, 3.8) is 0 Å². The lowest BCUT2D eigenvalue weighted by Gasteiger charge is -2.34. The van der Waals surface area contributed by atoms with Crippen LogP contribution < -0.4 is 4.74 Å². The Kier molecular flexibility index (Phi) is 7.51. The molecule has 0 unspecified atom stereocenters. The van der Waals surface area contributed by atoms with Crippen LogP contribution in [0, 0.1) is 5.92 Å². The maximum absolute atomic E-state index is 12.7. The zero-order chi connectivity index (χ0) is 18.2. The molecule has 1 aliphatic rings. The minimum atomic E-state index is 0.163. The first-order valence-corrected chi connectivity index (χ1v) is 9.40. The molecule has 0 radical (unpaired) electrons. The molecular weight excluding hydrogens is 312 g/mol. The van der Waals surface area contributed by atoms with E-state index in [1.165, 1.54) is 5.56 Å². The molecule has 25 heavy (non-hydrogen) atoms. The number of ether oxygens (including phenoxy) is 1. The third-order valence-electron chi connectivity index (χ3n) is 4.73. The second-order valence-electron chi connectivity index (χ2n) is 6.94. The fourth-order valence-electron chi connectivity index (χ4n) is 3.38. The van der Waals surface area contributed by atoms with Gasteiger partial charge in [0.1, 0.15) is 5.75 Å². The third-order valence-corrected chi connectivity index (χ3v) is 4.73. The second-order valence-corrected chi connectivity index (χ2v) is 6.94. The van der Waals surface area contributed by atoms with Crippen LogP contribution in [0.15, 0.2) is 36.4 Å². The van der Waals surface area contributed by atoms with E-state index in [0.717, 1.165) is 50.3 Å². The van der Waals surface area contributed by atoms with E-state index < -0.39 is 0 Å². The van der Waals surface area contributed by atoms with E-state index in [9.17, 15) is 4.79 Å². The van der Waals surface area contributed by atoms with Crippen LogP contribution in [0.4, 0.5) is 0 Å². The molecule has 1 saturated heterocycles. The number of likely N-dealkylation sites (tertiary alicyclic amines) is 1. The summed E-state index contributed by atoms with van der Waals surface area (Å²) in [5.74, 6) is 1.38. The average molecular weight is 344 g/mol. The van der Waals surface area contributed by atoms with Crippen LogP contribution in [0.2, 0.25) is 0 Å². The summed E-state index contributed by atoms with van der Waals surface area (Å²) in [5, 5.41) is 0. The second kappa shape index (κ2) is 9.62. The van der Waals surface area contributed by atoms with E-state index >= 15 is 0 Å². The quantitative estimate of drug-likeness (QED) is 0.674. The number of rotatable bonds is 8. The van der Waals surface area contributed by atoms with Crippen LogP contribution >= 0.6 is 0 Å². The Morgan fingerprint density at radius 2 is 1.88 bits per heavy atom. The largest absolute Gasteiger partial charge is 0.494 e.